The Bertz CT molecular complexity index is 614. The van der Waals surface area contributed by atoms with E-state index in [9.17, 15) is 10.1 Å². The summed E-state index contributed by atoms with van der Waals surface area (Å²) in [7, 11) is 0. The van der Waals surface area contributed by atoms with Gasteiger partial charge in [0.1, 0.15) is 0 Å². The van der Waals surface area contributed by atoms with Crippen molar-refractivity contribution in [2.75, 3.05) is 5.73 Å². The normalized spacial score (nSPS) is 10.4. The topological polar surface area (TPSA) is 94.9 Å². The van der Waals surface area contributed by atoms with E-state index in [1.54, 1.807) is 12.4 Å². The number of unbranched alkanes of at least 4 members (excludes halogenated alkanes) is 1. The predicted octanol–water partition coefficient (Wildman–Crippen LogP) is 2.98. The van der Waals surface area contributed by atoms with Crippen LogP contribution in [0.25, 0.3) is 11.1 Å². The number of nitrogens with two attached hydrogens (primary N) is 1. The first-order chi connectivity index (χ1) is 9.63. The molecule has 0 radical (unpaired) electrons. The lowest BCUT2D eigenvalue weighted by Gasteiger charge is -2.10. The molecular formula is C14H16N4O2. The van der Waals surface area contributed by atoms with Crippen LogP contribution >= 0.6 is 0 Å². The Morgan fingerprint density at radius 2 is 2.05 bits per heavy atom. The van der Waals surface area contributed by atoms with Gasteiger partial charge in [0.2, 0.25) is 5.82 Å². The van der Waals surface area contributed by atoms with Gasteiger partial charge in [-0.15, -0.1) is 0 Å². The fourth-order valence-electron chi connectivity index (χ4n) is 2.02. The van der Waals surface area contributed by atoms with E-state index in [4.69, 9.17) is 5.73 Å². The minimum atomic E-state index is -0.503. The highest BCUT2D eigenvalue weighted by atomic mass is 16.6. The highest BCUT2D eigenvalue weighted by molar-refractivity contribution is 5.71. The first-order valence-electron chi connectivity index (χ1n) is 6.47. The van der Waals surface area contributed by atoms with Gasteiger partial charge >= 0.3 is 5.69 Å². The van der Waals surface area contributed by atoms with E-state index < -0.39 is 4.92 Å². The van der Waals surface area contributed by atoms with Crippen LogP contribution in [0.5, 0.6) is 0 Å². The summed E-state index contributed by atoms with van der Waals surface area (Å²) in [6.45, 7) is 2.08. The largest absolute Gasteiger partial charge is 0.378 e. The molecule has 0 aliphatic rings. The third kappa shape index (κ3) is 2.90. The molecule has 2 N–H and O–H groups in total. The van der Waals surface area contributed by atoms with E-state index >= 15 is 0 Å². The Morgan fingerprint density at radius 3 is 2.65 bits per heavy atom. The molecule has 0 saturated carbocycles. The summed E-state index contributed by atoms with van der Waals surface area (Å²) in [5, 5.41) is 11.0. The SMILES string of the molecule is CCCCc1nc(N)c([N+](=O)[O-])cc1-c1ccncc1. The number of rotatable bonds is 5. The molecule has 0 aromatic carbocycles. The van der Waals surface area contributed by atoms with E-state index in [2.05, 4.69) is 16.9 Å². The van der Waals surface area contributed by atoms with Crippen molar-refractivity contribution in [3.8, 4) is 11.1 Å². The first-order valence-corrected chi connectivity index (χ1v) is 6.47. The summed E-state index contributed by atoms with van der Waals surface area (Å²) in [6, 6.07) is 5.13. The Balaban J connectivity index is 2.55. The minimum absolute atomic E-state index is 0.0288. The highest BCUT2D eigenvalue weighted by Crippen LogP contribution is 2.30. The Kier molecular flexibility index (Phi) is 4.24. The second-order valence-electron chi connectivity index (χ2n) is 4.48. The van der Waals surface area contributed by atoms with Crippen molar-refractivity contribution < 1.29 is 4.92 Å². The molecule has 0 unspecified atom stereocenters. The zero-order valence-electron chi connectivity index (χ0n) is 11.2. The number of nitrogen functional groups attached to an aromatic ring is 1. The maximum atomic E-state index is 11.0. The summed E-state index contributed by atoms with van der Waals surface area (Å²) < 4.78 is 0. The standard InChI is InChI=1S/C14H16N4O2/c1-2-3-4-12-11(10-5-7-16-8-6-10)9-13(18(19)20)14(15)17-12/h5-9H,2-4H2,1H3,(H2,15,17). The zero-order valence-corrected chi connectivity index (χ0v) is 11.2. The third-order valence-electron chi connectivity index (χ3n) is 3.06. The number of hydrogen-bond donors (Lipinski definition) is 1. The molecule has 6 nitrogen and oxygen atoms in total. The monoisotopic (exact) mass is 272 g/mol. The van der Waals surface area contributed by atoms with E-state index in [1.807, 2.05) is 12.1 Å². The van der Waals surface area contributed by atoms with Crippen molar-refractivity contribution in [3.05, 3.63) is 46.4 Å². The van der Waals surface area contributed by atoms with Crippen LogP contribution in [-0.2, 0) is 6.42 Å². The smallest absolute Gasteiger partial charge is 0.311 e. The first kappa shape index (κ1) is 13.9. The Morgan fingerprint density at radius 1 is 1.35 bits per heavy atom. The van der Waals surface area contributed by atoms with Crippen LogP contribution in [0, 0.1) is 10.1 Å². The Labute approximate surface area is 116 Å². The van der Waals surface area contributed by atoms with Crippen LogP contribution < -0.4 is 5.73 Å². The van der Waals surface area contributed by atoms with Crippen LogP contribution in [0.4, 0.5) is 11.5 Å². The van der Waals surface area contributed by atoms with Crippen molar-refractivity contribution >= 4 is 11.5 Å². The number of anilines is 1. The molecule has 0 spiro atoms. The van der Waals surface area contributed by atoms with E-state index in [0.29, 0.717) is 0 Å². The quantitative estimate of drug-likeness (QED) is 0.666. The molecule has 20 heavy (non-hydrogen) atoms. The van der Waals surface area contributed by atoms with Gasteiger partial charge in [0.15, 0.2) is 0 Å². The lowest BCUT2D eigenvalue weighted by molar-refractivity contribution is -0.384. The summed E-state index contributed by atoms with van der Waals surface area (Å²) in [6.07, 6.45) is 6.04. The summed E-state index contributed by atoms with van der Waals surface area (Å²) in [4.78, 5) is 18.7. The molecule has 0 aliphatic heterocycles. The number of aryl methyl sites for hydroxylation is 1. The summed E-state index contributed by atoms with van der Waals surface area (Å²) in [5.74, 6) is -0.0288. The van der Waals surface area contributed by atoms with Gasteiger partial charge in [-0.05, 0) is 30.5 Å². The van der Waals surface area contributed by atoms with E-state index in [0.717, 1.165) is 36.1 Å². The predicted molar refractivity (Wildman–Crippen MR) is 77.1 cm³/mol. The van der Waals surface area contributed by atoms with Gasteiger partial charge in [-0.3, -0.25) is 15.1 Å². The highest BCUT2D eigenvalue weighted by Gasteiger charge is 2.18. The van der Waals surface area contributed by atoms with Crippen LogP contribution in [0.1, 0.15) is 25.5 Å². The van der Waals surface area contributed by atoms with Gasteiger partial charge in [-0.25, -0.2) is 4.98 Å². The van der Waals surface area contributed by atoms with Crippen molar-refractivity contribution in [1.29, 1.82) is 0 Å². The molecule has 104 valence electrons. The van der Waals surface area contributed by atoms with Gasteiger partial charge in [0.05, 0.1) is 10.6 Å². The molecule has 0 atom stereocenters. The fraction of sp³-hybridized carbons (Fsp3) is 0.286. The molecule has 0 amide bonds. The van der Waals surface area contributed by atoms with Crippen LogP contribution in [0.15, 0.2) is 30.6 Å². The van der Waals surface area contributed by atoms with Crippen LogP contribution in [0.3, 0.4) is 0 Å². The molecule has 0 fully saturated rings. The number of nitrogens with zero attached hydrogens (tertiary/aromatic N) is 3. The maximum Gasteiger partial charge on any atom is 0.311 e. The molecule has 2 rings (SSSR count). The lowest BCUT2D eigenvalue weighted by atomic mass is 10.0. The zero-order chi connectivity index (χ0) is 14.5. The van der Waals surface area contributed by atoms with Crippen molar-refractivity contribution in [3.63, 3.8) is 0 Å². The van der Waals surface area contributed by atoms with Gasteiger partial charge < -0.3 is 5.73 Å². The average Bonchev–Trinajstić information content (AvgIpc) is 2.45. The molecule has 2 aromatic heterocycles. The van der Waals surface area contributed by atoms with Crippen molar-refractivity contribution in [2.45, 2.75) is 26.2 Å². The van der Waals surface area contributed by atoms with Crippen molar-refractivity contribution in [1.82, 2.24) is 9.97 Å². The van der Waals surface area contributed by atoms with Crippen LogP contribution in [-0.4, -0.2) is 14.9 Å². The van der Waals surface area contributed by atoms with Crippen molar-refractivity contribution in [2.24, 2.45) is 0 Å². The number of pyridine rings is 2. The van der Waals surface area contributed by atoms with Gasteiger partial charge in [0, 0.05) is 24.0 Å². The molecule has 2 aromatic rings. The molecule has 0 aliphatic carbocycles. The Hall–Kier alpha value is -2.50. The number of aromatic nitrogens is 2. The van der Waals surface area contributed by atoms with Gasteiger partial charge in [0.25, 0.3) is 0 Å². The second kappa shape index (κ2) is 6.10. The van der Waals surface area contributed by atoms with E-state index in [1.165, 1.54) is 6.07 Å². The summed E-state index contributed by atoms with van der Waals surface area (Å²) >= 11 is 0. The summed E-state index contributed by atoms with van der Waals surface area (Å²) in [5.41, 5.74) is 7.93. The molecule has 0 saturated heterocycles. The third-order valence-corrected chi connectivity index (χ3v) is 3.06. The minimum Gasteiger partial charge on any atom is -0.378 e. The second-order valence-corrected chi connectivity index (χ2v) is 4.48. The number of hydrogen-bond acceptors (Lipinski definition) is 5. The van der Waals surface area contributed by atoms with Gasteiger partial charge in [-0.2, -0.15) is 0 Å². The van der Waals surface area contributed by atoms with Crippen LogP contribution in [0.2, 0.25) is 0 Å². The molecule has 6 heteroatoms. The van der Waals surface area contributed by atoms with Gasteiger partial charge in [-0.1, -0.05) is 13.3 Å². The molecule has 0 bridgehead atoms. The maximum absolute atomic E-state index is 11.0. The average molecular weight is 272 g/mol. The molecular weight excluding hydrogens is 256 g/mol. The van der Waals surface area contributed by atoms with E-state index in [-0.39, 0.29) is 11.5 Å². The molecule has 2 heterocycles. The fourth-order valence-corrected chi connectivity index (χ4v) is 2.02. The lowest BCUT2D eigenvalue weighted by Crippen LogP contribution is -2.04. The number of nitro groups is 1.